The molecular weight excluding hydrogens is 307 g/mol. The molecule has 1 atom stereocenters. The van der Waals surface area contributed by atoms with Gasteiger partial charge in [-0.05, 0) is 50.9 Å². The Bertz CT molecular complexity index is 542. The van der Waals surface area contributed by atoms with E-state index in [4.69, 9.17) is 4.74 Å². The molecule has 0 aromatic carbocycles. The van der Waals surface area contributed by atoms with Crippen LogP contribution in [0.1, 0.15) is 49.1 Å². The Morgan fingerprint density at radius 2 is 1.96 bits per heavy atom. The van der Waals surface area contributed by atoms with Gasteiger partial charge in [-0.2, -0.15) is 13.2 Å². The number of fused-ring (bicyclic) bond motifs is 1. The lowest BCUT2D eigenvalue weighted by Gasteiger charge is -2.23. The third-order valence-electron chi connectivity index (χ3n) is 4.54. The van der Waals surface area contributed by atoms with Crippen LogP contribution < -0.4 is 5.32 Å². The van der Waals surface area contributed by atoms with Gasteiger partial charge in [-0.1, -0.05) is 0 Å². The number of anilines is 1. The van der Waals surface area contributed by atoms with Crippen molar-refractivity contribution in [2.45, 2.75) is 51.1 Å². The fourth-order valence-corrected chi connectivity index (χ4v) is 3.33. The molecule has 1 aromatic heterocycles. The summed E-state index contributed by atoms with van der Waals surface area (Å²) in [6.45, 7) is 2.12. The van der Waals surface area contributed by atoms with Crippen LogP contribution in [-0.4, -0.2) is 29.7 Å². The van der Waals surface area contributed by atoms with E-state index in [0.29, 0.717) is 31.0 Å². The first-order valence-electron chi connectivity index (χ1n) is 8.32. The van der Waals surface area contributed by atoms with Crippen molar-refractivity contribution in [3.05, 3.63) is 17.0 Å². The molecule has 0 bridgehead atoms. The van der Waals surface area contributed by atoms with Gasteiger partial charge in [-0.15, -0.1) is 0 Å². The second-order valence-electron chi connectivity index (χ2n) is 6.32. The monoisotopic (exact) mass is 329 g/mol. The average Bonchev–Trinajstić information content (AvgIpc) is 2.54. The summed E-state index contributed by atoms with van der Waals surface area (Å²) < 4.78 is 45.1. The normalized spacial score (nSPS) is 21.8. The molecule has 0 amide bonds. The molecule has 128 valence electrons. The van der Waals surface area contributed by atoms with E-state index in [2.05, 4.69) is 15.3 Å². The van der Waals surface area contributed by atoms with Crippen molar-refractivity contribution in [3.63, 3.8) is 0 Å². The molecule has 2 heterocycles. The predicted octanol–water partition coefficient (Wildman–Crippen LogP) is 3.60. The second kappa shape index (κ2) is 7.03. The minimum atomic E-state index is -4.42. The van der Waals surface area contributed by atoms with Crippen LogP contribution in [0, 0.1) is 5.92 Å². The third kappa shape index (κ3) is 4.13. The molecule has 23 heavy (non-hydrogen) atoms. The number of ether oxygens (including phenoxy) is 1. The Hall–Kier alpha value is -1.37. The van der Waals surface area contributed by atoms with E-state index in [9.17, 15) is 13.2 Å². The number of alkyl halides is 3. The first-order valence-corrected chi connectivity index (χ1v) is 8.32. The van der Waals surface area contributed by atoms with Gasteiger partial charge in [0.25, 0.3) is 0 Å². The molecule has 0 radical (unpaired) electrons. The highest BCUT2D eigenvalue weighted by molar-refractivity contribution is 5.37. The van der Waals surface area contributed by atoms with Crippen LogP contribution in [0.5, 0.6) is 0 Å². The molecule has 3 rings (SSSR count). The smallest absolute Gasteiger partial charge is 0.381 e. The van der Waals surface area contributed by atoms with Crippen molar-refractivity contribution >= 4 is 5.95 Å². The highest BCUT2D eigenvalue weighted by Gasteiger charge is 2.37. The van der Waals surface area contributed by atoms with Gasteiger partial charge in [0.2, 0.25) is 5.95 Å². The van der Waals surface area contributed by atoms with E-state index >= 15 is 0 Å². The number of hydrogen-bond donors (Lipinski definition) is 1. The minimum Gasteiger partial charge on any atom is -0.381 e. The molecule has 1 N–H and O–H groups in total. The summed E-state index contributed by atoms with van der Waals surface area (Å²) in [5.74, 6) is 0.575. The lowest BCUT2D eigenvalue weighted by Crippen LogP contribution is -2.22. The molecule has 4 nitrogen and oxygen atoms in total. The van der Waals surface area contributed by atoms with E-state index < -0.39 is 11.9 Å². The van der Waals surface area contributed by atoms with Crippen LogP contribution in [0.2, 0.25) is 0 Å². The zero-order valence-corrected chi connectivity index (χ0v) is 13.1. The fourth-order valence-electron chi connectivity index (χ4n) is 3.33. The molecule has 0 unspecified atom stereocenters. The van der Waals surface area contributed by atoms with E-state index in [1.54, 1.807) is 0 Å². The van der Waals surface area contributed by atoms with Gasteiger partial charge in [-0.3, -0.25) is 0 Å². The van der Waals surface area contributed by atoms with Crippen LogP contribution >= 0.6 is 0 Å². The van der Waals surface area contributed by atoms with Gasteiger partial charge in [0.15, 0.2) is 5.69 Å². The molecule has 1 aliphatic carbocycles. The molecular formula is C16H22F3N3O. The number of aromatic nitrogens is 2. The first-order chi connectivity index (χ1) is 11.0. The Balaban J connectivity index is 1.69. The highest BCUT2D eigenvalue weighted by atomic mass is 19.4. The number of rotatable bonds is 4. The number of nitrogens with zero attached hydrogens (tertiary/aromatic N) is 2. The van der Waals surface area contributed by atoms with Gasteiger partial charge in [0, 0.05) is 31.0 Å². The molecule has 0 saturated carbocycles. The standard InChI is InChI=1S/C16H22F3N3O/c17-16(18,19)14-12-5-1-2-6-13(12)21-15(22-14)20-8-7-11-4-3-9-23-10-11/h11H,1-10H2,(H,20,21,22)/t11-/m1/s1. The van der Waals surface area contributed by atoms with E-state index in [1.165, 1.54) is 0 Å². The van der Waals surface area contributed by atoms with Crippen LogP contribution in [-0.2, 0) is 23.8 Å². The van der Waals surface area contributed by atoms with Gasteiger partial charge in [-0.25, -0.2) is 9.97 Å². The van der Waals surface area contributed by atoms with Gasteiger partial charge >= 0.3 is 6.18 Å². The van der Waals surface area contributed by atoms with Gasteiger partial charge in [0.1, 0.15) is 0 Å². The molecule has 1 saturated heterocycles. The van der Waals surface area contributed by atoms with Crippen molar-refractivity contribution in [1.29, 1.82) is 0 Å². The molecule has 1 fully saturated rings. The lowest BCUT2D eigenvalue weighted by molar-refractivity contribution is -0.142. The quantitative estimate of drug-likeness (QED) is 0.917. The topological polar surface area (TPSA) is 47.0 Å². The zero-order chi connectivity index (χ0) is 16.3. The molecule has 2 aliphatic rings. The highest BCUT2D eigenvalue weighted by Crippen LogP contribution is 2.35. The molecule has 0 spiro atoms. The summed E-state index contributed by atoms with van der Waals surface area (Å²) >= 11 is 0. The summed E-state index contributed by atoms with van der Waals surface area (Å²) in [6, 6.07) is 0. The Labute approximate surface area is 133 Å². The average molecular weight is 329 g/mol. The maximum Gasteiger partial charge on any atom is 0.433 e. The van der Waals surface area contributed by atoms with E-state index in [-0.39, 0.29) is 11.5 Å². The van der Waals surface area contributed by atoms with Crippen molar-refractivity contribution < 1.29 is 17.9 Å². The van der Waals surface area contributed by atoms with E-state index in [1.807, 2.05) is 0 Å². The number of aryl methyl sites for hydroxylation is 1. The Kier molecular flexibility index (Phi) is 5.04. The maximum absolute atomic E-state index is 13.2. The predicted molar refractivity (Wildman–Crippen MR) is 80.3 cm³/mol. The first kappa shape index (κ1) is 16.5. The number of hydrogen-bond acceptors (Lipinski definition) is 4. The third-order valence-corrected chi connectivity index (χ3v) is 4.54. The van der Waals surface area contributed by atoms with Crippen LogP contribution in [0.4, 0.5) is 19.1 Å². The SMILES string of the molecule is FC(F)(F)c1nc(NCC[C@H]2CCCOC2)nc2c1CCCC2. The Morgan fingerprint density at radius 3 is 2.70 bits per heavy atom. The van der Waals surface area contributed by atoms with Gasteiger partial charge < -0.3 is 10.1 Å². The fraction of sp³-hybridized carbons (Fsp3) is 0.750. The number of nitrogens with one attached hydrogen (secondary N) is 1. The summed E-state index contributed by atoms with van der Waals surface area (Å²) in [5.41, 5.74) is 0.0859. The van der Waals surface area contributed by atoms with E-state index in [0.717, 1.165) is 45.3 Å². The number of halogens is 3. The Morgan fingerprint density at radius 1 is 1.13 bits per heavy atom. The summed E-state index contributed by atoms with van der Waals surface area (Å²) in [6.07, 6.45) is 1.29. The maximum atomic E-state index is 13.2. The van der Waals surface area contributed by atoms with Crippen molar-refractivity contribution in [3.8, 4) is 0 Å². The van der Waals surface area contributed by atoms with Crippen LogP contribution in [0.3, 0.4) is 0 Å². The minimum absolute atomic E-state index is 0.106. The second-order valence-corrected chi connectivity index (χ2v) is 6.32. The summed E-state index contributed by atoms with van der Waals surface area (Å²) in [4.78, 5) is 8.08. The lowest BCUT2D eigenvalue weighted by atomic mass is 9.94. The van der Waals surface area contributed by atoms with Crippen LogP contribution in [0.25, 0.3) is 0 Å². The zero-order valence-electron chi connectivity index (χ0n) is 13.1. The molecule has 1 aromatic rings. The summed E-state index contributed by atoms with van der Waals surface area (Å²) in [5, 5.41) is 2.98. The van der Waals surface area contributed by atoms with Crippen molar-refractivity contribution in [1.82, 2.24) is 9.97 Å². The van der Waals surface area contributed by atoms with Crippen LogP contribution in [0.15, 0.2) is 0 Å². The van der Waals surface area contributed by atoms with Crippen molar-refractivity contribution in [2.24, 2.45) is 5.92 Å². The van der Waals surface area contributed by atoms with Gasteiger partial charge in [0.05, 0.1) is 0 Å². The van der Waals surface area contributed by atoms with Crippen molar-refractivity contribution in [2.75, 3.05) is 25.1 Å². The molecule has 7 heteroatoms. The molecule has 1 aliphatic heterocycles. The summed E-state index contributed by atoms with van der Waals surface area (Å²) in [7, 11) is 0. The largest absolute Gasteiger partial charge is 0.433 e.